The Bertz CT molecular complexity index is 762. The highest BCUT2D eigenvalue weighted by molar-refractivity contribution is 14.0. The maximum atomic E-state index is 10.7. The Labute approximate surface area is 194 Å². The molecule has 1 saturated heterocycles. The fourth-order valence-electron chi connectivity index (χ4n) is 3.19. The highest BCUT2D eigenvalue weighted by Gasteiger charge is 2.23. The summed E-state index contributed by atoms with van der Waals surface area (Å²) in [6.07, 6.45) is 0. The van der Waals surface area contributed by atoms with Crippen LogP contribution in [0.4, 0.5) is 5.69 Å². The summed E-state index contributed by atoms with van der Waals surface area (Å²) in [4.78, 5) is 7.11. The fraction of sp³-hybridized carbons (Fsp3) is 0.476. The van der Waals surface area contributed by atoms with E-state index in [4.69, 9.17) is 9.73 Å². The number of hydrogen-bond acceptors (Lipinski definition) is 5. The largest absolute Gasteiger partial charge is 0.384 e. The molecule has 3 N–H and O–H groups in total. The van der Waals surface area contributed by atoms with Gasteiger partial charge in [0, 0.05) is 25.3 Å². The lowest BCUT2D eigenvalue weighted by molar-refractivity contribution is 0.0621. The normalized spacial score (nSPS) is 16.7. The molecule has 2 heterocycles. The molecule has 0 saturated carbocycles. The Kier molecular flexibility index (Phi) is 9.67. The number of hydrogen-bond donors (Lipinski definition) is 3. The fourth-order valence-corrected chi connectivity index (χ4v) is 3.97. The molecular formula is C21H31IN4O2S. The number of nitrogens with one attached hydrogen (secondary N) is 2. The first kappa shape index (κ1) is 23.9. The Morgan fingerprint density at radius 1 is 1.24 bits per heavy atom. The summed E-state index contributed by atoms with van der Waals surface area (Å²) < 4.78 is 5.47. The number of nitrogens with zero attached hydrogens (tertiary/aromatic N) is 2. The van der Waals surface area contributed by atoms with Gasteiger partial charge in [0.15, 0.2) is 5.96 Å². The van der Waals surface area contributed by atoms with Crippen LogP contribution in [0.15, 0.2) is 46.1 Å². The van der Waals surface area contributed by atoms with E-state index in [1.165, 1.54) is 11.3 Å². The molecule has 6 nitrogen and oxygen atoms in total. The van der Waals surface area contributed by atoms with Crippen LogP contribution >= 0.6 is 35.3 Å². The van der Waals surface area contributed by atoms with Gasteiger partial charge in [-0.15, -0.1) is 24.0 Å². The SMILES string of the molecule is CCNC(=NCc1ccccc1N1CCOCC1)NCC(C)(O)c1ccsc1.I. The first-order valence-corrected chi connectivity index (χ1v) is 10.7. The number of benzene rings is 1. The lowest BCUT2D eigenvalue weighted by Gasteiger charge is -2.30. The lowest BCUT2D eigenvalue weighted by atomic mass is 9.99. The van der Waals surface area contributed by atoms with E-state index in [9.17, 15) is 5.11 Å². The summed E-state index contributed by atoms with van der Waals surface area (Å²) in [6.45, 7) is 8.92. The van der Waals surface area contributed by atoms with Crippen LogP contribution in [0.5, 0.6) is 0 Å². The van der Waals surface area contributed by atoms with Crippen LogP contribution in [0.25, 0.3) is 0 Å². The van der Waals surface area contributed by atoms with E-state index in [1.807, 2.05) is 30.7 Å². The van der Waals surface area contributed by atoms with Gasteiger partial charge in [-0.1, -0.05) is 18.2 Å². The highest BCUT2D eigenvalue weighted by atomic mass is 127. The summed E-state index contributed by atoms with van der Waals surface area (Å²) in [5, 5.41) is 21.2. The van der Waals surface area contributed by atoms with Gasteiger partial charge in [0.25, 0.3) is 0 Å². The highest BCUT2D eigenvalue weighted by Crippen LogP contribution is 2.23. The van der Waals surface area contributed by atoms with Crippen LogP contribution in [0, 0.1) is 0 Å². The predicted octanol–water partition coefficient (Wildman–Crippen LogP) is 3.17. The van der Waals surface area contributed by atoms with Gasteiger partial charge in [0.2, 0.25) is 0 Å². The average molecular weight is 530 g/mol. The first-order valence-electron chi connectivity index (χ1n) is 9.78. The van der Waals surface area contributed by atoms with Crippen LogP contribution in [0.2, 0.25) is 0 Å². The van der Waals surface area contributed by atoms with Crippen molar-refractivity contribution >= 4 is 47.0 Å². The van der Waals surface area contributed by atoms with E-state index in [-0.39, 0.29) is 24.0 Å². The van der Waals surface area contributed by atoms with E-state index in [1.54, 1.807) is 11.3 Å². The van der Waals surface area contributed by atoms with Crippen molar-refractivity contribution in [3.05, 3.63) is 52.2 Å². The number of morpholine rings is 1. The monoisotopic (exact) mass is 530 g/mol. The molecule has 3 rings (SSSR count). The summed E-state index contributed by atoms with van der Waals surface area (Å²) in [5.74, 6) is 0.704. The number of anilines is 1. The van der Waals surface area contributed by atoms with E-state index in [2.05, 4.69) is 39.8 Å². The van der Waals surface area contributed by atoms with Crippen molar-refractivity contribution in [2.75, 3.05) is 44.3 Å². The molecule has 160 valence electrons. The van der Waals surface area contributed by atoms with Crippen molar-refractivity contribution in [1.29, 1.82) is 0 Å². The molecule has 0 radical (unpaired) electrons. The maximum absolute atomic E-state index is 10.7. The minimum Gasteiger partial charge on any atom is -0.384 e. The van der Waals surface area contributed by atoms with Crippen LogP contribution in [-0.4, -0.2) is 50.5 Å². The van der Waals surface area contributed by atoms with Gasteiger partial charge in [-0.3, -0.25) is 0 Å². The van der Waals surface area contributed by atoms with Crippen LogP contribution < -0.4 is 15.5 Å². The van der Waals surface area contributed by atoms with Gasteiger partial charge >= 0.3 is 0 Å². The van der Waals surface area contributed by atoms with Crippen molar-refractivity contribution in [2.45, 2.75) is 26.0 Å². The molecule has 1 aromatic heterocycles. The van der Waals surface area contributed by atoms with E-state index in [0.717, 1.165) is 38.4 Å². The lowest BCUT2D eigenvalue weighted by Crippen LogP contribution is -2.44. The zero-order valence-corrected chi connectivity index (χ0v) is 20.2. The smallest absolute Gasteiger partial charge is 0.191 e. The third-order valence-electron chi connectivity index (χ3n) is 4.84. The molecule has 1 aliphatic rings. The molecule has 0 aliphatic carbocycles. The Balaban J connectivity index is 0.00000300. The third kappa shape index (κ3) is 6.84. The Hall–Kier alpha value is -1.36. The van der Waals surface area contributed by atoms with Gasteiger partial charge in [0.05, 0.1) is 26.3 Å². The number of thiophene rings is 1. The summed E-state index contributed by atoms with van der Waals surface area (Å²) in [7, 11) is 0. The number of ether oxygens (including phenoxy) is 1. The third-order valence-corrected chi connectivity index (χ3v) is 5.52. The molecule has 0 amide bonds. The molecule has 1 atom stereocenters. The maximum Gasteiger partial charge on any atom is 0.191 e. The number of guanidine groups is 1. The molecule has 29 heavy (non-hydrogen) atoms. The minimum absolute atomic E-state index is 0. The molecule has 2 aromatic rings. The number of rotatable bonds is 7. The van der Waals surface area contributed by atoms with Crippen molar-refractivity contribution in [3.63, 3.8) is 0 Å². The Morgan fingerprint density at radius 3 is 2.69 bits per heavy atom. The second-order valence-corrected chi connectivity index (χ2v) is 7.84. The van der Waals surface area contributed by atoms with E-state index < -0.39 is 5.60 Å². The topological polar surface area (TPSA) is 69.1 Å². The molecule has 0 bridgehead atoms. The Morgan fingerprint density at radius 2 is 2.00 bits per heavy atom. The molecule has 1 aromatic carbocycles. The molecule has 1 fully saturated rings. The second kappa shape index (κ2) is 11.7. The van der Waals surface area contributed by atoms with Gasteiger partial charge in [-0.25, -0.2) is 4.99 Å². The summed E-state index contributed by atoms with van der Waals surface area (Å²) in [6, 6.07) is 10.3. The van der Waals surface area contributed by atoms with Crippen LogP contribution in [0.1, 0.15) is 25.0 Å². The zero-order valence-electron chi connectivity index (χ0n) is 17.1. The minimum atomic E-state index is -0.943. The summed E-state index contributed by atoms with van der Waals surface area (Å²) >= 11 is 1.59. The van der Waals surface area contributed by atoms with E-state index >= 15 is 0 Å². The zero-order chi connectivity index (χ0) is 19.8. The number of aliphatic hydroxyl groups is 1. The van der Waals surface area contributed by atoms with E-state index in [0.29, 0.717) is 19.0 Å². The number of para-hydroxylation sites is 1. The molecular weight excluding hydrogens is 499 g/mol. The molecule has 1 unspecified atom stereocenters. The van der Waals surface area contributed by atoms with Crippen LogP contribution in [-0.2, 0) is 16.9 Å². The number of halogens is 1. The van der Waals surface area contributed by atoms with Gasteiger partial charge < -0.3 is 25.4 Å². The summed E-state index contributed by atoms with van der Waals surface area (Å²) in [5.41, 5.74) is 2.38. The average Bonchev–Trinajstić information content (AvgIpc) is 3.27. The predicted molar refractivity (Wildman–Crippen MR) is 132 cm³/mol. The molecule has 1 aliphatic heterocycles. The quantitative estimate of drug-likeness (QED) is 0.292. The van der Waals surface area contributed by atoms with Crippen molar-refractivity contribution in [2.24, 2.45) is 4.99 Å². The van der Waals surface area contributed by atoms with Gasteiger partial charge in [-0.2, -0.15) is 11.3 Å². The van der Waals surface area contributed by atoms with Gasteiger partial charge in [0.1, 0.15) is 5.60 Å². The molecule has 0 spiro atoms. The first-order chi connectivity index (χ1) is 13.6. The van der Waals surface area contributed by atoms with Crippen molar-refractivity contribution in [3.8, 4) is 0 Å². The van der Waals surface area contributed by atoms with Crippen molar-refractivity contribution < 1.29 is 9.84 Å². The standard InChI is InChI=1S/C21H30N4O2S.HI/c1-3-22-20(24-16-21(2,26)18-8-13-28-15-18)23-14-17-6-4-5-7-19(17)25-9-11-27-12-10-25;/h4-8,13,15,26H,3,9-12,14,16H2,1-2H3,(H2,22,23,24);1H. The van der Waals surface area contributed by atoms with Gasteiger partial charge in [-0.05, 0) is 47.9 Å². The second-order valence-electron chi connectivity index (χ2n) is 7.06. The molecule has 8 heteroatoms. The van der Waals surface area contributed by atoms with Crippen molar-refractivity contribution in [1.82, 2.24) is 10.6 Å². The van der Waals surface area contributed by atoms with Crippen LogP contribution in [0.3, 0.4) is 0 Å². The number of aliphatic imine (C=N–C) groups is 1.